The Labute approximate surface area is 129 Å². The van der Waals surface area contributed by atoms with Gasteiger partial charge >= 0.3 is 0 Å². The molecule has 1 unspecified atom stereocenters. The van der Waals surface area contributed by atoms with E-state index in [9.17, 15) is 8.42 Å². The predicted octanol–water partition coefficient (Wildman–Crippen LogP) is 3.71. The van der Waals surface area contributed by atoms with Gasteiger partial charge in [-0.2, -0.15) is 0 Å². The quantitative estimate of drug-likeness (QED) is 0.843. The van der Waals surface area contributed by atoms with Gasteiger partial charge < -0.3 is 5.32 Å². The van der Waals surface area contributed by atoms with Gasteiger partial charge in [-0.1, -0.05) is 44.7 Å². The van der Waals surface area contributed by atoms with Gasteiger partial charge in [0.05, 0.1) is 4.90 Å². The van der Waals surface area contributed by atoms with Crippen molar-refractivity contribution >= 4 is 9.84 Å². The zero-order valence-corrected chi connectivity index (χ0v) is 14.0. The summed E-state index contributed by atoms with van der Waals surface area (Å²) in [4.78, 5) is 0.405. The van der Waals surface area contributed by atoms with Crippen LogP contribution in [0.1, 0.15) is 57.1 Å². The summed E-state index contributed by atoms with van der Waals surface area (Å²) in [5.41, 5.74) is 1.22. The fraction of sp³-hybridized carbons (Fsp3) is 0.647. The molecule has 0 amide bonds. The van der Waals surface area contributed by atoms with Gasteiger partial charge in [0.15, 0.2) is 9.84 Å². The number of hydrogen-bond donors (Lipinski definition) is 1. The minimum absolute atomic E-state index is 0.349. The molecular formula is C17H27NO2S. The molecule has 0 radical (unpaired) electrons. The van der Waals surface area contributed by atoms with E-state index in [0.29, 0.717) is 16.9 Å². The predicted molar refractivity (Wildman–Crippen MR) is 87.2 cm³/mol. The Hall–Kier alpha value is -0.870. The summed E-state index contributed by atoms with van der Waals surface area (Å²) in [5.74, 6) is 0.663. The Morgan fingerprint density at radius 1 is 1.10 bits per heavy atom. The van der Waals surface area contributed by atoms with Gasteiger partial charge in [-0.3, -0.25) is 0 Å². The molecule has 1 N–H and O–H groups in total. The molecule has 4 heteroatoms. The van der Waals surface area contributed by atoms with Gasteiger partial charge in [-0.05, 0) is 43.0 Å². The maximum Gasteiger partial charge on any atom is 0.175 e. The van der Waals surface area contributed by atoms with Crippen LogP contribution in [0.4, 0.5) is 0 Å². The summed E-state index contributed by atoms with van der Waals surface area (Å²) < 4.78 is 23.1. The first-order valence-electron chi connectivity index (χ1n) is 8.05. The van der Waals surface area contributed by atoms with Crippen molar-refractivity contribution in [3.8, 4) is 0 Å². The van der Waals surface area contributed by atoms with E-state index in [4.69, 9.17) is 0 Å². The largest absolute Gasteiger partial charge is 0.310 e. The Morgan fingerprint density at radius 2 is 1.67 bits per heavy atom. The van der Waals surface area contributed by atoms with Gasteiger partial charge in [-0.15, -0.1) is 0 Å². The molecule has 1 saturated carbocycles. The molecule has 0 bridgehead atoms. The first-order chi connectivity index (χ1) is 10.0. The zero-order chi connectivity index (χ0) is 15.3. The summed E-state index contributed by atoms with van der Waals surface area (Å²) in [6.07, 6.45) is 9.12. The van der Waals surface area contributed by atoms with Crippen LogP contribution in [0.5, 0.6) is 0 Å². The molecule has 0 aromatic heterocycles. The van der Waals surface area contributed by atoms with E-state index in [1.165, 1.54) is 50.3 Å². The van der Waals surface area contributed by atoms with Crippen LogP contribution in [-0.4, -0.2) is 21.2 Å². The first kappa shape index (κ1) is 16.5. The van der Waals surface area contributed by atoms with E-state index in [2.05, 4.69) is 12.2 Å². The molecule has 1 aliphatic rings. The average Bonchev–Trinajstić information content (AvgIpc) is 2.73. The molecule has 1 aliphatic carbocycles. The standard InChI is InChI=1S/C17H27NO2S/c1-3-18-17(14-8-6-4-5-7-9-14)15-10-12-16(13-11-15)21(2,19)20/h10-14,17-18H,3-9H2,1-2H3. The molecule has 1 aromatic carbocycles. The van der Waals surface area contributed by atoms with E-state index in [1.54, 1.807) is 12.1 Å². The van der Waals surface area contributed by atoms with Crippen LogP contribution >= 0.6 is 0 Å². The highest BCUT2D eigenvalue weighted by atomic mass is 32.2. The van der Waals surface area contributed by atoms with Crippen molar-refractivity contribution in [1.29, 1.82) is 0 Å². The Bertz CT molecular complexity index is 528. The average molecular weight is 309 g/mol. The van der Waals surface area contributed by atoms with Crippen LogP contribution < -0.4 is 5.32 Å². The number of sulfone groups is 1. The highest BCUT2D eigenvalue weighted by Gasteiger charge is 2.23. The number of benzene rings is 1. The lowest BCUT2D eigenvalue weighted by atomic mass is 9.87. The third-order valence-electron chi connectivity index (χ3n) is 4.46. The van der Waals surface area contributed by atoms with E-state index in [0.717, 1.165) is 6.54 Å². The molecule has 1 fully saturated rings. The first-order valence-corrected chi connectivity index (χ1v) is 9.95. The van der Waals surface area contributed by atoms with E-state index in [-0.39, 0.29) is 0 Å². The summed E-state index contributed by atoms with van der Waals surface area (Å²) in [5, 5.41) is 3.61. The Kier molecular flexibility index (Phi) is 5.82. The molecule has 1 atom stereocenters. The van der Waals surface area contributed by atoms with Crippen molar-refractivity contribution in [2.75, 3.05) is 12.8 Å². The third kappa shape index (κ3) is 4.55. The number of hydrogen-bond acceptors (Lipinski definition) is 3. The second kappa shape index (κ2) is 7.41. The molecule has 0 saturated heterocycles. The second-order valence-corrected chi connectivity index (χ2v) is 8.14. The van der Waals surface area contributed by atoms with Gasteiger partial charge in [-0.25, -0.2) is 8.42 Å². The molecule has 0 heterocycles. The van der Waals surface area contributed by atoms with E-state index < -0.39 is 9.84 Å². The van der Waals surface area contributed by atoms with Crippen LogP contribution in [0.3, 0.4) is 0 Å². The molecule has 21 heavy (non-hydrogen) atoms. The Balaban J connectivity index is 2.20. The lowest BCUT2D eigenvalue weighted by Crippen LogP contribution is -2.28. The highest BCUT2D eigenvalue weighted by Crippen LogP contribution is 2.33. The summed E-state index contributed by atoms with van der Waals surface area (Å²) in [6.45, 7) is 3.07. The molecular weight excluding hydrogens is 282 g/mol. The smallest absolute Gasteiger partial charge is 0.175 e. The molecule has 2 rings (SSSR count). The summed E-state index contributed by atoms with van der Waals surface area (Å²) in [6, 6.07) is 7.79. The van der Waals surface area contributed by atoms with Gasteiger partial charge in [0, 0.05) is 12.3 Å². The van der Waals surface area contributed by atoms with Gasteiger partial charge in [0.2, 0.25) is 0 Å². The molecule has 118 valence electrons. The molecule has 0 spiro atoms. The second-order valence-electron chi connectivity index (χ2n) is 6.13. The SMILES string of the molecule is CCNC(c1ccc(S(C)(=O)=O)cc1)C1CCCCCC1. The molecule has 0 aliphatic heterocycles. The van der Waals surface area contributed by atoms with E-state index in [1.807, 2.05) is 12.1 Å². The minimum atomic E-state index is -3.11. The fourth-order valence-electron chi connectivity index (χ4n) is 3.34. The van der Waals surface area contributed by atoms with Crippen LogP contribution in [0.15, 0.2) is 29.2 Å². The van der Waals surface area contributed by atoms with Crippen molar-refractivity contribution in [3.63, 3.8) is 0 Å². The van der Waals surface area contributed by atoms with Crippen molar-refractivity contribution < 1.29 is 8.42 Å². The summed E-state index contributed by atoms with van der Waals surface area (Å²) in [7, 11) is -3.11. The van der Waals surface area contributed by atoms with Crippen LogP contribution in [0, 0.1) is 5.92 Å². The van der Waals surface area contributed by atoms with Crippen LogP contribution in [-0.2, 0) is 9.84 Å². The molecule has 3 nitrogen and oxygen atoms in total. The normalized spacial score (nSPS) is 19.1. The van der Waals surface area contributed by atoms with Crippen LogP contribution in [0.25, 0.3) is 0 Å². The summed E-state index contributed by atoms with van der Waals surface area (Å²) >= 11 is 0. The fourth-order valence-corrected chi connectivity index (χ4v) is 3.97. The van der Waals surface area contributed by atoms with E-state index >= 15 is 0 Å². The van der Waals surface area contributed by atoms with Crippen LogP contribution in [0.2, 0.25) is 0 Å². The molecule has 1 aromatic rings. The topological polar surface area (TPSA) is 46.2 Å². The van der Waals surface area contributed by atoms with Crippen molar-refractivity contribution in [3.05, 3.63) is 29.8 Å². The number of rotatable bonds is 5. The minimum Gasteiger partial charge on any atom is -0.310 e. The highest BCUT2D eigenvalue weighted by molar-refractivity contribution is 7.90. The van der Waals surface area contributed by atoms with Gasteiger partial charge in [0.25, 0.3) is 0 Å². The lowest BCUT2D eigenvalue weighted by Gasteiger charge is -2.27. The monoisotopic (exact) mass is 309 g/mol. The maximum absolute atomic E-state index is 11.6. The lowest BCUT2D eigenvalue weighted by molar-refractivity contribution is 0.330. The van der Waals surface area contributed by atoms with Crippen molar-refractivity contribution in [1.82, 2.24) is 5.32 Å². The Morgan fingerprint density at radius 3 is 2.14 bits per heavy atom. The maximum atomic E-state index is 11.6. The van der Waals surface area contributed by atoms with Crippen molar-refractivity contribution in [2.45, 2.75) is 56.4 Å². The van der Waals surface area contributed by atoms with Crippen molar-refractivity contribution in [2.24, 2.45) is 5.92 Å². The third-order valence-corrected chi connectivity index (χ3v) is 5.59. The zero-order valence-electron chi connectivity index (χ0n) is 13.1. The van der Waals surface area contributed by atoms with Gasteiger partial charge in [0.1, 0.15) is 0 Å². The number of nitrogens with one attached hydrogen (secondary N) is 1.